The summed E-state index contributed by atoms with van der Waals surface area (Å²) in [5, 5.41) is 274. The van der Waals surface area contributed by atoms with Crippen LogP contribution in [-0.2, 0) is 85.3 Å². The van der Waals surface area contributed by atoms with Crippen molar-refractivity contribution in [1.82, 2.24) is 0 Å². The zero-order chi connectivity index (χ0) is 79.3. The van der Waals surface area contributed by atoms with Crippen LogP contribution in [0.25, 0.3) is 0 Å². The summed E-state index contributed by atoms with van der Waals surface area (Å²) < 4.78 is 101. The zero-order valence-electron chi connectivity index (χ0n) is 59.3. The van der Waals surface area contributed by atoms with Gasteiger partial charge in [-0.1, -0.05) is 27.7 Å². The van der Waals surface area contributed by atoms with E-state index in [1.165, 1.54) is 27.7 Å². The molecule has 0 saturated carbocycles. The molecule has 107 heavy (non-hydrogen) atoms. The maximum absolute atomic E-state index is 13.0. The van der Waals surface area contributed by atoms with Gasteiger partial charge in [-0.05, 0) is 13.8 Å². The van der Waals surface area contributed by atoms with Gasteiger partial charge in [0.15, 0.2) is 44.0 Å². The van der Waals surface area contributed by atoms with Gasteiger partial charge in [0.2, 0.25) is 0 Å². The van der Waals surface area contributed by atoms with Gasteiger partial charge in [-0.15, -0.1) is 0 Å². The van der Waals surface area contributed by atoms with Crippen molar-refractivity contribution in [2.45, 2.75) is 299 Å². The fraction of sp³-hybridized carbons (Fsp3) is 0.984. The molecule has 0 aromatic carbocycles. The molecule has 0 aliphatic carbocycles. The fourth-order valence-electron chi connectivity index (χ4n) is 14.2. The predicted octanol–water partition coefficient (Wildman–Crippen LogP) is -14.6. The van der Waals surface area contributed by atoms with Gasteiger partial charge in [-0.25, -0.2) is 4.79 Å². The van der Waals surface area contributed by atoms with E-state index in [0.29, 0.717) is 0 Å². The van der Waals surface area contributed by atoms with Crippen molar-refractivity contribution in [2.24, 2.45) is 29.4 Å². The van der Waals surface area contributed by atoms with E-state index in [9.17, 15) is 132 Å². The molecule has 44 heteroatoms. The molecule has 0 radical (unpaired) electrons. The Hall–Kier alpha value is -2.21. The highest BCUT2D eigenvalue weighted by atomic mass is 16.8. The molecule has 45 atom stereocenters. The highest BCUT2D eigenvalue weighted by Gasteiger charge is 2.61. The number of carbonyl (C=O) groups is 1. The Bertz CT molecular complexity index is 2650. The van der Waals surface area contributed by atoms with Crippen LogP contribution < -0.4 is 5.73 Å². The smallest absolute Gasteiger partial charge is 0.364 e. The van der Waals surface area contributed by atoms with Crippen LogP contribution in [0.1, 0.15) is 48.0 Å². The standard InChI is InChI=1S/C63H111NO43/c1-18-22(5)92-30(13-70)50(37(18)77)102-57-20(3)38(78)49(31(14-71)99-57)101-34(16-73)94-33(40(80)23(6)93-61-55(47(87)44(84)28(11-68)98-61)105-56-19(2)36(76)42(82)26(9-66)95-56)17-91-60-54(46(86)43(83)27(10-67)97-60)104-58-21(4)39(79)51(32(15-72)100-58)103-59-48(88)53(45(85)29(12-69)96-59)107-63(62(89)90)7-24(74)35(64)52(106-63)41(81)25(75)8-65/h18-61,65-88H,7-17,64H2,1-6H3,(H,89,90)/t18-,19+,20+,21?,22+,23-,24-,25?,26?,27?,28-,29?,30?,31?,32+,33?,34+,35-,36?,37?,38?,39?,40+,41?,42-,43-,44-,45+,46?,47?,48?,49-,50-,51-,52?,53+,54-,55?,56+,57+,58+,59?,60+,61+,63+/m1/s1. The normalized spacial score (nSPS) is 48.4. The van der Waals surface area contributed by atoms with Crippen LogP contribution in [0.2, 0.25) is 0 Å². The number of aliphatic hydroxyl groups excluding tert-OH is 24. The maximum Gasteiger partial charge on any atom is 0.364 e. The molecule has 626 valence electrons. The minimum Gasteiger partial charge on any atom is -0.477 e. The van der Waals surface area contributed by atoms with Crippen LogP contribution in [0.15, 0.2) is 0 Å². The van der Waals surface area contributed by atoms with Gasteiger partial charge in [0.05, 0.1) is 115 Å². The van der Waals surface area contributed by atoms with E-state index in [4.69, 9.17) is 86.3 Å². The first-order valence-corrected chi connectivity index (χ1v) is 35.4. The van der Waals surface area contributed by atoms with Gasteiger partial charge >= 0.3 is 5.97 Å². The first kappa shape index (κ1) is 90.3. The number of hydrogen-bond acceptors (Lipinski definition) is 43. The monoisotopic (exact) mass is 1570 g/mol. The van der Waals surface area contributed by atoms with Gasteiger partial charge in [0, 0.05) is 30.1 Å². The summed E-state index contributed by atoms with van der Waals surface area (Å²) in [4.78, 5) is 13.0. The summed E-state index contributed by atoms with van der Waals surface area (Å²) in [7, 11) is 0. The van der Waals surface area contributed by atoms with E-state index in [1.807, 2.05) is 0 Å². The fourth-order valence-corrected chi connectivity index (χ4v) is 14.2. The lowest BCUT2D eigenvalue weighted by atomic mass is 9.88. The highest BCUT2D eigenvalue weighted by Crippen LogP contribution is 2.42. The molecule has 8 heterocycles. The molecule has 8 fully saturated rings. The van der Waals surface area contributed by atoms with Crippen molar-refractivity contribution in [3.05, 3.63) is 0 Å². The number of aliphatic hydroxyl groups is 24. The van der Waals surface area contributed by atoms with Crippen LogP contribution in [0.5, 0.6) is 0 Å². The van der Waals surface area contributed by atoms with E-state index in [1.54, 1.807) is 13.8 Å². The summed E-state index contributed by atoms with van der Waals surface area (Å²) in [5.41, 5.74) is 5.99. The number of nitrogens with two attached hydrogens (primary N) is 1. The third kappa shape index (κ3) is 19.7. The molecule has 0 amide bonds. The molecule has 8 rings (SSSR count). The van der Waals surface area contributed by atoms with Crippen molar-refractivity contribution in [2.75, 3.05) is 66.1 Å². The summed E-state index contributed by atoms with van der Waals surface area (Å²) in [6, 6.07) is -1.62. The number of rotatable bonds is 33. The number of ether oxygens (including phenoxy) is 17. The van der Waals surface area contributed by atoms with Gasteiger partial charge in [0.25, 0.3) is 5.79 Å². The Labute approximate surface area is 612 Å². The lowest BCUT2D eigenvalue weighted by Crippen LogP contribution is -2.70. The molecule has 19 unspecified atom stereocenters. The molecule has 0 aromatic heterocycles. The number of hydrogen-bond donors (Lipinski definition) is 26. The number of aliphatic carboxylic acids is 1. The SMILES string of the molecule is CC1C(O)[C@H](OC2OC(CO)[C@H](O)[C@H](O[C@]3(C(=O)O)C[C@@H](O)[C@@H](N)C(C(O)C(O)CO)O3)C2O)[C@H](CO)O[C@H]1O[C@@H]1C(O)[C@H](O)C(CO)O[C@@H]1OCC(O[C@H](CO)O[C@@H]1C(CO)O[C@@H](O[C@@H]2C(CO)O[C@@H](C)[C@@H](C)C2O)[C@@H](C)C1O)[C@@H](O)[C@@H](C)O[C@H]1O[C@H](CO)[C@@H](O)C(O)C1O[C@@H]1OC(CO)[C@@H](O)C(O)[C@@H]1C. The molecular formula is C63H111NO43. The Morgan fingerprint density at radius 2 is 0.860 bits per heavy atom. The second-order valence-corrected chi connectivity index (χ2v) is 28.5. The summed E-state index contributed by atoms with van der Waals surface area (Å²) >= 11 is 0. The lowest BCUT2D eigenvalue weighted by molar-refractivity contribution is -0.392. The molecule has 8 saturated heterocycles. The summed E-state index contributed by atoms with van der Waals surface area (Å²) in [5.74, 6) is -9.34. The zero-order valence-corrected chi connectivity index (χ0v) is 59.3. The minimum absolute atomic E-state index is 0.512. The number of carboxylic acids is 1. The first-order chi connectivity index (χ1) is 50.5. The average molecular weight is 1570 g/mol. The van der Waals surface area contributed by atoms with Crippen molar-refractivity contribution in [1.29, 1.82) is 0 Å². The van der Waals surface area contributed by atoms with E-state index >= 15 is 0 Å². The van der Waals surface area contributed by atoms with Crippen LogP contribution in [0.4, 0.5) is 0 Å². The second-order valence-electron chi connectivity index (χ2n) is 28.5. The molecule has 8 aliphatic heterocycles. The first-order valence-electron chi connectivity index (χ1n) is 35.4. The van der Waals surface area contributed by atoms with Crippen LogP contribution in [-0.4, -0.2) is 451 Å². The molecular weight excluding hydrogens is 1460 g/mol. The van der Waals surface area contributed by atoms with E-state index < -0.39 is 353 Å². The van der Waals surface area contributed by atoms with Gasteiger partial charge < -0.3 is 214 Å². The summed E-state index contributed by atoms with van der Waals surface area (Å²) in [6.45, 7) is -1.23. The Kier molecular flexibility index (Phi) is 33.3. The molecule has 8 aliphatic rings. The topological polar surface area (TPSA) is 706 Å². The average Bonchev–Trinajstić information content (AvgIpc) is 0.750. The molecule has 44 nitrogen and oxygen atoms in total. The molecule has 0 aromatic rings. The van der Waals surface area contributed by atoms with Crippen molar-refractivity contribution in [3.63, 3.8) is 0 Å². The Morgan fingerprint density at radius 3 is 1.36 bits per heavy atom. The van der Waals surface area contributed by atoms with Crippen molar-refractivity contribution in [3.8, 4) is 0 Å². The Morgan fingerprint density at radius 1 is 0.449 bits per heavy atom. The molecule has 0 bridgehead atoms. The Balaban J connectivity index is 1.05. The van der Waals surface area contributed by atoms with Crippen molar-refractivity contribution < 1.29 is 213 Å². The van der Waals surface area contributed by atoms with Crippen molar-refractivity contribution >= 4 is 5.97 Å². The van der Waals surface area contributed by atoms with Gasteiger partial charge in [-0.3, -0.25) is 0 Å². The van der Waals surface area contributed by atoms with Gasteiger partial charge in [0.1, 0.15) is 153 Å². The van der Waals surface area contributed by atoms with Crippen LogP contribution >= 0.6 is 0 Å². The van der Waals surface area contributed by atoms with Crippen LogP contribution in [0.3, 0.4) is 0 Å². The predicted molar refractivity (Wildman–Crippen MR) is 339 cm³/mol. The third-order valence-electron chi connectivity index (χ3n) is 21.3. The van der Waals surface area contributed by atoms with Crippen LogP contribution in [0, 0.1) is 23.7 Å². The van der Waals surface area contributed by atoms with Gasteiger partial charge in [-0.2, -0.15) is 0 Å². The van der Waals surface area contributed by atoms with E-state index in [0.717, 1.165) is 0 Å². The lowest BCUT2D eigenvalue weighted by Gasteiger charge is -2.50. The molecule has 27 N–H and O–H groups in total. The van der Waals surface area contributed by atoms with E-state index in [2.05, 4.69) is 0 Å². The van der Waals surface area contributed by atoms with E-state index in [-0.39, 0.29) is 0 Å². The maximum atomic E-state index is 13.0. The third-order valence-corrected chi connectivity index (χ3v) is 21.3. The second kappa shape index (κ2) is 39.4. The highest BCUT2D eigenvalue weighted by molar-refractivity contribution is 5.76. The largest absolute Gasteiger partial charge is 0.477 e. The minimum atomic E-state index is -3.13. The quantitative estimate of drug-likeness (QED) is 0.0271. The number of carboxylic acid groups (broad SMARTS) is 1. The molecule has 0 spiro atoms. The summed E-state index contributed by atoms with van der Waals surface area (Å²) in [6.07, 6.45) is -71.2.